The Balaban J connectivity index is 1.77. The smallest absolute Gasteiger partial charge is 0.256 e. The minimum Gasteiger partial charge on any atom is -0.455 e. The van der Waals surface area contributed by atoms with Crippen molar-refractivity contribution in [1.29, 1.82) is 0 Å². The summed E-state index contributed by atoms with van der Waals surface area (Å²) in [5.41, 5.74) is 0.925. The fourth-order valence-electron chi connectivity index (χ4n) is 2.78. The first-order valence-corrected chi connectivity index (χ1v) is 11.1. The molecule has 0 aliphatic rings. The molecule has 0 fully saturated rings. The van der Waals surface area contributed by atoms with Crippen molar-refractivity contribution in [3.05, 3.63) is 83.4 Å². The van der Waals surface area contributed by atoms with Gasteiger partial charge in [-0.15, -0.1) is 11.8 Å². The number of para-hydroxylation sites is 1. The lowest BCUT2D eigenvalue weighted by Gasteiger charge is -2.14. The third kappa shape index (κ3) is 6.77. The molecule has 3 aromatic rings. The van der Waals surface area contributed by atoms with Crippen molar-refractivity contribution in [3.8, 4) is 11.5 Å². The molecule has 0 bridgehead atoms. The SMILES string of the molecule is CC(C)NC(=O)CSc1ccccc1C(=O)Nc1cc(Cl)ccc1Oc1ccccc1. The van der Waals surface area contributed by atoms with Gasteiger partial charge in [-0.1, -0.05) is 41.9 Å². The van der Waals surface area contributed by atoms with E-state index < -0.39 is 0 Å². The number of hydrogen-bond donors (Lipinski definition) is 2. The Labute approximate surface area is 191 Å². The molecule has 0 heterocycles. The van der Waals surface area contributed by atoms with Gasteiger partial charge in [0, 0.05) is 16.0 Å². The molecule has 0 aromatic heterocycles. The van der Waals surface area contributed by atoms with Crippen molar-refractivity contribution in [2.24, 2.45) is 0 Å². The number of nitrogens with one attached hydrogen (secondary N) is 2. The van der Waals surface area contributed by atoms with Crippen molar-refractivity contribution in [3.63, 3.8) is 0 Å². The van der Waals surface area contributed by atoms with Gasteiger partial charge in [-0.3, -0.25) is 9.59 Å². The van der Waals surface area contributed by atoms with Crippen LogP contribution in [0.1, 0.15) is 24.2 Å². The topological polar surface area (TPSA) is 67.4 Å². The molecule has 2 amide bonds. The average molecular weight is 455 g/mol. The number of benzene rings is 3. The van der Waals surface area contributed by atoms with Crippen LogP contribution in [-0.4, -0.2) is 23.6 Å². The van der Waals surface area contributed by atoms with Gasteiger partial charge >= 0.3 is 0 Å². The van der Waals surface area contributed by atoms with Crippen LogP contribution in [-0.2, 0) is 4.79 Å². The van der Waals surface area contributed by atoms with E-state index in [0.717, 1.165) is 0 Å². The van der Waals surface area contributed by atoms with E-state index in [9.17, 15) is 9.59 Å². The van der Waals surface area contributed by atoms with E-state index in [4.69, 9.17) is 16.3 Å². The van der Waals surface area contributed by atoms with Crippen LogP contribution in [0.15, 0.2) is 77.7 Å². The van der Waals surface area contributed by atoms with Gasteiger partial charge in [-0.2, -0.15) is 0 Å². The Morgan fingerprint density at radius 2 is 1.71 bits per heavy atom. The first kappa shape index (κ1) is 22.7. The predicted molar refractivity (Wildman–Crippen MR) is 126 cm³/mol. The van der Waals surface area contributed by atoms with Crippen molar-refractivity contribution in [2.75, 3.05) is 11.1 Å². The molecule has 0 saturated carbocycles. The average Bonchev–Trinajstić information content (AvgIpc) is 2.74. The number of thioether (sulfide) groups is 1. The summed E-state index contributed by atoms with van der Waals surface area (Å²) in [5, 5.41) is 6.21. The molecule has 0 spiro atoms. The number of anilines is 1. The van der Waals surface area contributed by atoms with E-state index in [2.05, 4.69) is 10.6 Å². The van der Waals surface area contributed by atoms with Crippen LogP contribution < -0.4 is 15.4 Å². The Bertz CT molecular complexity index is 1060. The highest BCUT2D eigenvalue weighted by atomic mass is 35.5. The second-order valence-electron chi connectivity index (χ2n) is 7.02. The van der Waals surface area contributed by atoms with Crippen LogP contribution in [0, 0.1) is 0 Å². The summed E-state index contributed by atoms with van der Waals surface area (Å²) >= 11 is 7.47. The molecule has 3 aromatic carbocycles. The lowest BCUT2D eigenvalue weighted by molar-refractivity contribution is -0.119. The van der Waals surface area contributed by atoms with Crippen LogP contribution >= 0.6 is 23.4 Å². The van der Waals surface area contributed by atoms with Crippen LogP contribution in [0.4, 0.5) is 5.69 Å². The summed E-state index contributed by atoms with van der Waals surface area (Å²) in [6.45, 7) is 3.81. The summed E-state index contributed by atoms with van der Waals surface area (Å²) in [6.07, 6.45) is 0. The number of amides is 2. The molecule has 2 N–H and O–H groups in total. The standard InChI is InChI=1S/C24H23ClN2O3S/c1-16(2)26-23(28)15-31-22-11-7-6-10-19(22)24(29)27-20-14-17(25)12-13-21(20)30-18-8-4-3-5-9-18/h3-14,16H,15H2,1-2H3,(H,26,28)(H,27,29). The van der Waals surface area contributed by atoms with Gasteiger partial charge in [0.05, 0.1) is 17.0 Å². The highest BCUT2D eigenvalue weighted by molar-refractivity contribution is 8.00. The third-order valence-electron chi connectivity index (χ3n) is 4.10. The molecule has 160 valence electrons. The minimum absolute atomic E-state index is 0.0671. The van der Waals surface area contributed by atoms with E-state index in [-0.39, 0.29) is 23.6 Å². The molecule has 3 rings (SSSR count). The zero-order valence-electron chi connectivity index (χ0n) is 17.2. The maximum atomic E-state index is 13.0. The predicted octanol–water partition coefficient (Wildman–Crippen LogP) is 6.00. The van der Waals surface area contributed by atoms with Crippen molar-refractivity contribution in [1.82, 2.24) is 5.32 Å². The fraction of sp³-hybridized carbons (Fsp3) is 0.167. The lowest BCUT2D eigenvalue weighted by atomic mass is 10.2. The molecule has 0 saturated heterocycles. The zero-order valence-corrected chi connectivity index (χ0v) is 18.8. The Kier molecular flexibility index (Phi) is 7.98. The number of halogens is 1. The van der Waals surface area contributed by atoms with Crippen molar-refractivity contribution in [2.45, 2.75) is 24.8 Å². The van der Waals surface area contributed by atoms with Crippen LogP contribution in [0.25, 0.3) is 0 Å². The molecule has 5 nitrogen and oxygen atoms in total. The van der Waals surface area contributed by atoms with Crippen LogP contribution in [0.2, 0.25) is 5.02 Å². The normalized spacial score (nSPS) is 10.6. The third-order valence-corrected chi connectivity index (χ3v) is 5.41. The molecule has 0 unspecified atom stereocenters. The maximum Gasteiger partial charge on any atom is 0.256 e. The molecule has 7 heteroatoms. The second kappa shape index (κ2) is 10.9. The maximum absolute atomic E-state index is 13.0. The first-order chi connectivity index (χ1) is 14.9. The number of rotatable bonds is 8. The highest BCUT2D eigenvalue weighted by Crippen LogP contribution is 2.33. The van der Waals surface area contributed by atoms with Gasteiger partial charge in [0.15, 0.2) is 5.75 Å². The largest absolute Gasteiger partial charge is 0.455 e. The van der Waals surface area contributed by atoms with Crippen LogP contribution in [0.5, 0.6) is 11.5 Å². The van der Waals surface area contributed by atoms with Crippen LogP contribution in [0.3, 0.4) is 0 Å². The van der Waals surface area contributed by atoms with Gasteiger partial charge in [-0.05, 0) is 56.3 Å². The second-order valence-corrected chi connectivity index (χ2v) is 8.47. The van der Waals surface area contributed by atoms with Gasteiger partial charge in [0.25, 0.3) is 5.91 Å². The molecular weight excluding hydrogens is 432 g/mol. The summed E-state index contributed by atoms with van der Waals surface area (Å²) < 4.78 is 5.92. The molecule has 0 atom stereocenters. The Morgan fingerprint density at radius 3 is 2.45 bits per heavy atom. The quantitative estimate of drug-likeness (QED) is 0.409. The van der Waals surface area contributed by atoms with E-state index >= 15 is 0 Å². The highest BCUT2D eigenvalue weighted by Gasteiger charge is 2.16. The van der Waals surface area contributed by atoms with E-state index in [1.807, 2.05) is 56.3 Å². The van der Waals surface area contributed by atoms with Crippen molar-refractivity contribution < 1.29 is 14.3 Å². The fourth-order valence-corrected chi connectivity index (χ4v) is 3.81. The van der Waals surface area contributed by atoms with Gasteiger partial charge in [0.1, 0.15) is 5.75 Å². The summed E-state index contributed by atoms with van der Waals surface area (Å²) in [5.74, 6) is 0.955. The van der Waals surface area contributed by atoms with E-state index in [1.54, 1.807) is 30.3 Å². The lowest BCUT2D eigenvalue weighted by Crippen LogP contribution is -2.31. The van der Waals surface area contributed by atoms with Gasteiger partial charge < -0.3 is 15.4 Å². The molecule has 31 heavy (non-hydrogen) atoms. The molecular formula is C24H23ClN2O3S. The number of carbonyl (C=O) groups is 2. The van der Waals surface area contributed by atoms with E-state index in [0.29, 0.717) is 32.7 Å². The summed E-state index contributed by atoms with van der Waals surface area (Å²) in [7, 11) is 0. The van der Waals surface area contributed by atoms with E-state index in [1.165, 1.54) is 11.8 Å². The summed E-state index contributed by atoms with van der Waals surface area (Å²) in [6, 6.07) is 21.6. The molecule has 0 aliphatic heterocycles. The number of ether oxygens (including phenoxy) is 1. The summed E-state index contributed by atoms with van der Waals surface area (Å²) in [4.78, 5) is 25.8. The van der Waals surface area contributed by atoms with Gasteiger partial charge in [0.2, 0.25) is 5.91 Å². The minimum atomic E-state index is -0.312. The Morgan fingerprint density at radius 1 is 1.00 bits per heavy atom. The monoisotopic (exact) mass is 454 g/mol. The molecule has 0 aliphatic carbocycles. The van der Waals surface area contributed by atoms with Gasteiger partial charge in [-0.25, -0.2) is 0 Å². The first-order valence-electron chi connectivity index (χ1n) is 9.77. The number of hydrogen-bond acceptors (Lipinski definition) is 4. The van der Waals surface area contributed by atoms with Crippen molar-refractivity contribution >= 4 is 40.9 Å². The Hall–Kier alpha value is -2.96. The zero-order chi connectivity index (χ0) is 22.2. The number of carbonyl (C=O) groups excluding carboxylic acids is 2. The molecule has 0 radical (unpaired) electrons.